The van der Waals surface area contributed by atoms with Gasteiger partial charge in [0, 0.05) is 0 Å². The van der Waals surface area contributed by atoms with Gasteiger partial charge in [-0.15, -0.1) is 0 Å². The highest BCUT2D eigenvalue weighted by Gasteiger charge is 2.07. The molecule has 0 fully saturated rings. The van der Waals surface area contributed by atoms with Gasteiger partial charge >= 0.3 is 0 Å². The Balaban J connectivity index is 2.49. The van der Waals surface area contributed by atoms with Gasteiger partial charge in [-0.2, -0.15) is 0 Å². The van der Waals surface area contributed by atoms with Crippen LogP contribution in [0.25, 0.3) is 10.9 Å². The second kappa shape index (κ2) is 4.42. The average Bonchev–Trinajstić information content (AvgIpc) is 2.33. The fraction of sp³-hybridized carbons (Fsp3) is 0.273. The highest BCUT2D eigenvalue weighted by atomic mass is 16.3. The van der Waals surface area contributed by atoms with Crippen molar-refractivity contribution < 1.29 is 10.2 Å². The van der Waals surface area contributed by atoms with E-state index < -0.39 is 6.10 Å². The number of hydrogen-bond acceptors (Lipinski definition) is 4. The third-order valence-corrected chi connectivity index (χ3v) is 2.35. The van der Waals surface area contributed by atoms with Gasteiger partial charge < -0.3 is 10.2 Å². The summed E-state index contributed by atoms with van der Waals surface area (Å²) in [6.45, 7) is -0.327. The van der Waals surface area contributed by atoms with E-state index in [2.05, 4.69) is 4.98 Å². The largest absolute Gasteiger partial charge is 0.394 e. The average molecular weight is 220 g/mol. The molecule has 1 atom stereocenters. The van der Waals surface area contributed by atoms with Crippen molar-refractivity contribution in [1.29, 1.82) is 0 Å². The molecule has 0 amide bonds. The van der Waals surface area contributed by atoms with E-state index >= 15 is 0 Å². The van der Waals surface area contributed by atoms with Crippen LogP contribution in [-0.4, -0.2) is 32.5 Å². The summed E-state index contributed by atoms with van der Waals surface area (Å²) in [6, 6.07) is 7.01. The van der Waals surface area contributed by atoms with Crippen LogP contribution in [0, 0.1) is 0 Å². The zero-order valence-corrected chi connectivity index (χ0v) is 8.58. The van der Waals surface area contributed by atoms with Crippen LogP contribution >= 0.6 is 0 Å². The third kappa shape index (κ3) is 1.95. The Hall–Kier alpha value is -1.72. The third-order valence-electron chi connectivity index (χ3n) is 2.35. The highest BCUT2D eigenvalue weighted by Crippen LogP contribution is 2.04. The van der Waals surface area contributed by atoms with E-state index in [0.717, 1.165) is 0 Å². The van der Waals surface area contributed by atoms with E-state index in [1.54, 1.807) is 18.2 Å². The van der Waals surface area contributed by atoms with Gasteiger partial charge in [0.2, 0.25) is 0 Å². The number of hydrogen-bond donors (Lipinski definition) is 2. The van der Waals surface area contributed by atoms with E-state index in [-0.39, 0.29) is 18.7 Å². The second-order valence-corrected chi connectivity index (χ2v) is 3.56. The van der Waals surface area contributed by atoms with Gasteiger partial charge in [-0.25, -0.2) is 4.98 Å². The number of benzene rings is 1. The molecule has 2 N–H and O–H groups in total. The molecule has 1 aromatic carbocycles. The molecule has 1 unspecified atom stereocenters. The molecular weight excluding hydrogens is 208 g/mol. The zero-order valence-electron chi connectivity index (χ0n) is 8.58. The number of rotatable bonds is 3. The minimum Gasteiger partial charge on any atom is -0.394 e. The van der Waals surface area contributed by atoms with Crippen LogP contribution < -0.4 is 5.56 Å². The minimum absolute atomic E-state index is 0.0488. The number of fused-ring (bicyclic) bond motifs is 1. The predicted molar refractivity (Wildman–Crippen MR) is 59.1 cm³/mol. The van der Waals surface area contributed by atoms with Crippen molar-refractivity contribution in [3.63, 3.8) is 0 Å². The normalized spacial score (nSPS) is 12.9. The van der Waals surface area contributed by atoms with E-state index in [1.165, 1.54) is 10.9 Å². The van der Waals surface area contributed by atoms with Crippen molar-refractivity contribution in [3.05, 3.63) is 40.9 Å². The maximum Gasteiger partial charge on any atom is 0.261 e. The van der Waals surface area contributed by atoms with Gasteiger partial charge in [0.15, 0.2) is 0 Å². The first-order valence-electron chi connectivity index (χ1n) is 4.95. The van der Waals surface area contributed by atoms with Crippen molar-refractivity contribution in [2.45, 2.75) is 12.6 Å². The molecule has 0 saturated heterocycles. The van der Waals surface area contributed by atoms with Crippen LogP contribution in [0.4, 0.5) is 0 Å². The lowest BCUT2D eigenvalue weighted by Gasteiger charge is -2.09. The highest BCUT2D eigenvalue weighted by molar-refractivity contribution is 5.76. The molecule has 16 heavy (non-hydrogen) atoms. The summed E-state index contributed by atoms with van der Waals surface area (Å²) in [5.74, 6) is 0. The summed E-state index contributed by atoms with van der Waals surface area (Å²) < 4.78 is 1.29. The predicted octanol–water partition coefficient (Wildman–Crippen LogP) is -0.250. The molecule has 0 radical (unpaired) electrons. The van der Waals surface area contributed by atoms with Gasteiger partial charge in [-0.05, 0) is 12.1 Å². The first-order valence-corrected chi connectivity index (χ1v) is 4.95. The van der Waals surface area contributed by atoms with Crippen LogP contribution in [0.15, 0.2) is 35.4 Å². The minimum atomic E-state index is -0.944. The van der Waals surface area contributed by atoms with Crippen LogP contribution in [0.1, 0.15) is 0 Å². The summed E-state index contributed by atoms with van der Waals surface area (Å²) in [7, 11) is 0. The molecule has 0 aliphatic carbocycles. The molecule has 2 rings (SSSR count). The second-order valence-electron chi connectivity index (χ2n) is 3.56. The zero-order chi connectivity index (χ0) is 11.5. The quantitative estimate of drug-likeness (QED) is 0.748. The Kier molecular flexibility index (Phi) is 2.98. The first kappa shape index (κ1) is 10.8. The van der Waals surface area contributed by atoms with E-state index in [1.807, 2.05) is 6.07 Å². The van der Waals surface area contributed by atoms with Crippen molar-refractivity contribution in [3.8, 4) is 0 Å². The van der Waals surface area contributed by atoms with Gasteiger partial charge in [0.1, 0.15) is 0 Å². The number of nitrogens with zero attached hydrogens (tertiary/aromatic N) is 2. The van der Waals surface area contributed by atoms with Crippen LogP contribution in [0.3, 0.4) is 0 Å². The number of aromatic nitrogens is 2. The van der Waals surface area contributed by atoms with Crippen molar-refractivity contribution in [2.75, 3.05) is 6.61 Å². The van der Waals surface area contributed by atoms with E-state index in [9.17, 15) is 9.90 Å². The Labute approximate surface area is 91.6 Å². The van der Waals surface area contributed by atoms with Crippen molar-refractivity contribution in [1.82, 2.24) is 9.55 Å². The van der Waals surface area contributed by atoms with Crippen LogP contribution in [0.5, 0.6) is 0 Å². The van der Waals surface area contributed by atoms with Gasteiger partial charge in [-0.1, -0.05) is 12.1 Å². The molecule has 0 aliphatic heterocycles. The molecular formula is C11H12N2O3. The molecule has 0 saturated carbocycles. The summed E-state index contributed by atoms with van der Waals surface area (Å²) in [5, 5.41) is 18.5. The van der Waals surface area contributed by atoms with Gasteiger partial charge in [-0.3, -0.25) is 9.36 Å². The molecule has 5 heteroatoms. The lowest BCUT2D eigenvalue weighted by Crippen LogP contribution is -2.28. The fourth-order valence-corrected chi connectivity index (χ4v) is 1.52. The monoisotopic (exact) mass is 220 g/mol. The lowest BCUT2D eigenvalue weighted by molar-refractivity contribution is 0.0803. The number of para-hydroxylation sites is 1. The molecule has 0 spiro atoms. The summed E-state index contributed by atoms with van der Waals surface area (Å²) in [5.41, 5.74) is 0.417. The SMILES string of the molecule is O=c1c2ccccc2ncn1CC(O)CO. The standard InChI is InChI=1S/C11H12N2O3/c14-6-8(15)5-13-7-12-10-4-2-1-3-9(10)11(13)16/h1-4,7-8,14-15H,5-6H2. The lowest BCUT2D eigenvalue weighted by atomic mass is 10.2. The maximum atomic E-state index is 11.9. The molecule has 0 bridgehead atoms. The fourth-order valence-electron chi connectivity index (χ4n) is 1.52. The molecule has 84 valence electrons. The smallest absolute Gasteiger partial charge is 0.261 e. The molecule has 1 heterocycles. The molecule has 2 aromatic rings. The van der Waals surface area contributed by atoms with Crippen LogP contribution in [-0.2, 0) is 6.54 Å². The Bertz CT molecular complexity index is 550. The van der Waals surface area contributed by atoms with Gasteiger partial charge in [0.25, 0.3) is 5.56 Å². The van der Waals surface area contributed by atoms with Gasteiger partial charge in [0.05, 0.1) is 36.5 Å². The summed E-state index contributed by atoms with van der Waals surface area (Å²) in [6.07, 6.45) is 0.435. The summed E-state index contributed by atoms with van der Waals surface area (Å²) >= 11 is 0. The van der Waals surface area contributed by atoms with Crippen molar-refractivity contribution >= 4 is 10.9 Å². The maximum absolute atomic E-state index is 11.9. The van der Waals surface area contributed by atoms with E-state index in [0.29, 0.717) is 10.9 Å². The number of aliphatic hydroxyl groups excluding tert-OH is 2. The topological polar surface area (TPSA) is 75.4 Å². The summed E-state index contributed by atoms with van der Waals surface area (Å²) in [4.78, 5) is 16.0. The Morgan fingerprint density at radius 2 is 2.12 bits per heavy atom. The Morgan fingerprint density at radius 3 is 2.88 bits per heavy atom. The molecule has 1 aromatic heterocycles. The molecule has 0 aliphatic rings. The number of aliphatic hydroxyl groups is 2. The van der Waals surface area contributed by atoms with Crippen molar-refractivity contribution in [2.24, 2.45) is 0 Å². The first-order chi connectivity index (χ1) is 7.72. The Morgan fingerprint density at radius 1 is 1.38 bits per heavy atom. The van der Waals surface area contributed by atoms with E-state index in [4.69, 9.17) is 5.11 Å². The molecule has 5 nitrogen and oxygen atoms in total. The van der Waals surface area contributed by atoms with Crippen LogP contribution in [0.2, 0.25) is 0 Å².